The summed E-state index contributed by atoms with van der Waals surface area (Å²) in [7, 11) is 0. The summed E-state index contributed by atoms with van der Waals surface area (Å²) in [6.45, 7) is -0.481. The quantitative estimate of drug-likeness (QED) is 0.844. The van der Waals surface area contributed by atoms with Crippen molar-refractivity contribution < 1.29 is 23.0 Å². The van der Waals surface area contributed by atoms with Gasteiger partial charge in [0.2, 0.25) is 0 Å². The molecule has 1 rings (SSSR count). The van der Waals surface area contributed by atoms with E-state index in [2.05, 4.69) is 0 Å². The molecule has 0 atom stereocenters. The zero-order valence-electron chi connectivity index (χ0n) is 7.92. The minimum Gasteiger partial charge on any atom is -0.493 e. The maximum Gasteiger partial charge on any atom is 0.392 e. The zero-order chi connectivity index (χ0) is 11.3. The first-order valence-corrected chi connectivity index (χ1v) is 4.40. The largest absolute Gasteiger partial charge is 0.493 e. The lowest BCUT2D eigenvalue weighted by Gasteiger charge is -2.08. The van der Waals surface area contributed by atoms with Gasteiger partial charge in [-0.15, -0.1) is 0 Å². The van der Waals surface area contributed by atoms with Gasteiger partial charge in [-0.05, 0) is 17.7 Å². The lowest BCUT2D eigenvalue weighted by atomic mass is 10.2. The van der Waals surface area contributed by atoms with E-state index in [0.29, 0.717) is 11.3 Å². The van der Waals surface area contributed by atoms with Crippen molar-refractivity contribution in [1.29, 1.82) is 0 Å². The number of ether oxygens (including phenoxy) is 1. The predicted molar refractivity (Wildman–Crippen MR) is 48.5 cm³/mol. The second kappa shape index (κ2) is 5.02. The predicted octanol–water partition coefficient (Wildman–Crippen LogP) is 2.51. The number of hydrogen-bond donors (Lipinski definition) is 1. The summed E-state index contributed by atoms with van der Waals surface area (Å²) in [4.78, 5) is 0. The van der Waals surface area contributed by atoms with E-state index in [1.807, 2.05) is 0 Å². The Kier molecular flexibility index (Phi) is 3.96. The Morgan fingerprint density at radius 2 is 1.73 bits per heavy atom. The molecule has 15 heavy (non-hydrogen) atoms. The van der Waals surface area contributed by atoms with Crippen molar-refractivity contribution in [3.63, 3.8) is 0 Å². The van der Waals surface area contributed by atoms with Crippen LogP contribution in [-0.4, -0.2) is 17.9 Å². The summed E-state index contributed by atoms with van der Waals surface area (Å²) >= 11 is 0. The van der Waals surface area contributed by atoms with Gasteiger partial charge in [-0.2, -0.15) is 13.2 Å². The fraction of sp³-hybridized carbons (Fsp3) is 0.400. The molecule has 1 aromatic carbocycles. The van der Waals surface area contributed by atoms with E-state index in [4.69, 9.17) is 9.84 Å². The van der Waals surface area contributed by atoms with Crippen molar-refractivity contribution in [3.8, 4) is 5.75 Å². The van der Waals surface area contributed by atoms with Gasteiger partial charge in [-0.25, -0.2) is 0 Å². The van der Waals surface area contributed by atoms with Gasteiger partial charge in [0.15, 0.2) is 0 Å². The van der Waals surface area contributed by atoms with Gasteiger partial charge >= 0.3 is 6.18 Å². The molecular formula is C10H11F3O2. The number of aliphatic hydroxyl groups excluding tert-OH is 1. The highest BCUT2D eigenvalue weighted by Gasteiger charge is 2.26. The minimum atomic E-state index is -4.19. The highest BCUT2D eigenvalue weighted by Crippen LogP contribution is 2.20. The van der Waals surface area contributed by atoms with Crippen molar-refractivity contribution in [2.24, 2.45) is 0 Å². The van der Waals surface area contributed by atoms with Gasteiger partial charge in [0, 0.05) is 0 Å². The van der Waals surface area contributed by atoms with Crippen molar-refractivity contribution in [2.45, 2.75) is 19.2 Å². The van der Waals surface area contributed by atoms with E-state index >= 15 is 0 Å². The number of benzene rings is 1. The first kappa shape index (κ1) is 11.8. The third-order valence-corrected chi connectivity index (χ3v) is 1.76. The van der Waals surface area contributed by atoms with Crippen molar-refractivity contribution in [2.75, 3.05) is 6.61 Å². The molecule has 0 saturated carbocycles. The molecular weight excluding hydrogens is 209 g/mol. The lowest BCUT2D eigenvalue weighted by molar-refractivity contribution is -0.139. The Balaban J connectivity index is 2.38. The first-order chi connectivity index (χ1) is 7.01. The molecule has 1 aromatic rings. The molecule has 0 aliphatic rings. The summed E-state index contributed by atoms with van der Waals surface area (Å²) in [5, 5.41) is 8.72. The molecule has 0 fully saturated rings. The van der Waals surface area contributed by atoms with E-state index < -0.39 is 12.6 Å². The summed E-state index contributed by atoms with van der Waals surface area (Å²) in [6.07, 6.45) is -5.15. The Morgan fingerprint density at radius 3 is 2.20 bits per heavy atom. The van der Waals surface area contributed by atoms with Gasteiger partial charge in [-0.1, -0.05) is 12.1 Å². The Morgan fingerprint density at radius 1 is 1.13 bits per heavy atom. The van der Waals surface area contributed by atoms with Crippen molar-refractivity contribution in [1.82, 2.24) is 0 Å². The molecule has 0 saturated heterocycles. The molecule has 0 amide bonds. The molecule has 0 unspecified atom stereocenters. The number of hydrogen-bond acceptors (Lipinski definition) is 2. The summed E-state index contributed by atoms with van der Waals surface area (Å²) in [6, 6.07) is 6.26. The molecule has 84 valence electrons. The molecule has 2 nitrogen and oxygen atoms in total. The van der Waals surface area contributed by atoms with Gasteiger partial charge in [0.05, 0.1) is 19.6 Å². The van der Waals surface area contributed by atoms with Crippen LogP contribution >= 0.6 is 0 Å². The Hall–Kier alpha value is -1.23. The van der Waals surface area contributed by atoms with Crippen LogP contribution in [0.1, 0.15) is 12.0 Å². The maximum atomic E-state index is 11.8. The highest BCUT2D eigenvalue weighted by atomic mass is 19.4. The standard InChI is InChI=1S/C10H11F3O2/c11-10(12,13)5-6-15-9-3-1-8(7-14)2-4-9/h1-4,14H,5-7H2. The fourth-order valence-electron chi connectivity index (χ4n) is 0.976. The van der Waals surface area contributed by atoms with Gasteiger partial charge in [0.1, 0.15) is 5.75 Å². The Labute approximate surface area is 85.3 Å². The van der Waals surface area contributed by atoms with Crippen LogP contribution in [0.25, 0.3) is 0 Å². The monoisotopic (exact) mass is 220 g/mol. The zero-order valence-corrected chi connectivity index (χ0v) is 7.92. The molecule has 5 heteroatoms. The SMILES string of the molecule is OCc1ccc(OCCC(F)(F)F)cc1. The van der Waals surface area contributed by atoms with Crippen LogP contribution in [0.15, 0.2) is 24.3 Å². The molecule has 0 aliphatic heterocycles. The average Bonchev–Trinajstić information content (AvgIpc) is 2.17. The van der Waals surface area contributed by atoms with E-state index in [1.165, 1.54) is 12.1 Å². The van der Waals surface area contributed by atoms with E-state index in [9.17, 15) is 13.2 Å². The van der Waals surface area contributed by atoms with Crippen LogP contribution in [0.5, 0.6) is 5.75 Å². The second-order valence-corrected chi connectivity index (χ2v) is 3.02. The molecule has 1 N–H and O–H groups in total. The number of rotatable bonds is 4. The maximum absolute atomic E-state index is 11.8. The molecule has 0 spiro atoms. The normalized spacial score (nSPS) is 11.5. The smallest absolute Gasteiger partial charge is 0.392 e. The van der Waals surface area contributed by atoms with Crippen LogP contribution < -0.4 is 4.74 Å². The molecule has 0 radical (unpaired) electrons. The number of aliphatic hydroxyl groups is 1. The average molecular weight is 220 g/mol. The lowest BCUT2D eigenvalue weighted by Crippen LogP contribution is -2.12. The first-order valence-electron chi connectivity index (χ1n) is 4.40. The van der Waals surface area contributed by atoms with E-state index in [0.717, 1.165) is 0 Å². The van der Waals surface area contributed by atoms with E-state index in [-0.39, 0.29) is 13.2 Å². The second-order valence-electron chi connectivity index (χ2n) is 3.02. The topological polar surface area (TPSA) is 29.5 Å². The summed E-state index contributed by atoms with van der Waals surface area (Å²) < 4.78 is 40.2. The van der Waals surface area contributed by atoms with Crippen LogP contribution in [-0.2, 0) is 6.61 Å². The summed E-state index contributed by atoms with van der Waals surface area (Å²) in [5.74, 6) is 0.372. The van der Waals surface area contributed by atoms with Crippen LogP contribution in [0.2, 0.25) is 0 Å². The third-order valence-electron chi connectivity index (χ3n) is 1.76. The van der Waals surface area contributed by atoms with Crippen LogP contribution in [0, 0.1) is 0 Å². The molecule has 0 heterocycles. The third kappa shape index (κ3) is 4.69. The van der Waals surface area contributed by atoms with Crippen molar-refractivity contribution >= 4 is 0 Å². The summed E-state index contributed by atoms with van der Waals surface area (Å²) in [5.41, 5.74) is 0.693. The van der Waals surface area contributed by atoms with Crippen LogP contribution in [0.3, 0.4) is 0 Å². The number of halogens is 3. The van der Waals surface area contributed by atoms with Crippen LogP contribution in [0.4, 0.5) is 13.2 Å². The van der Waals surface area contributed by atoms with Crippen molar-refractivity contribution in [3.05, 3.63) is 29.8 Å². The molecule has 0 aliphatic carbocycles. The molecule has 0 bridgehead atoms. The minimum absolute atomic E-state index is 0.0944. The van der Waals surface area contributed by atoms with Gasteiger partial charge in [0.25, 0.3) is 0 Å². The van der Waals surface area contributed by atoms with E-state index in [1.54, 1.807) is 12.1 Å². The number of alkyl halides is 3. The van der Waals surface area contributed by atoms with Gasteiger partial charge in [-0.3, -0.25) is 0 Å². The highest BCUT2D eigenvalue weighted by molar-refractivity contribution is 5.26. The molecule has 0 aromatic heterocycles. The fourth-order valence-corrected chi connectivity index (χ4v) is 0.976. The van der Waals surface area contributed by atoms with Gasteiger partial charge < -0.3 is 9.84 Å². The Bertz CT molecular complexity index is 293.